The number of carbonyl (C=O) groups excluding carboxylic acids is 2. The predicted molar refractivity (Wildman–Crippen MR) is 249 cm³/mol. The number of amides is 2. The van der Waals surface area contributed by atoms with Gasteiger partial charge in [-0.15, -0.1) is 0 Å². The summed E-state index contributed by atoms with van der Waals surface area (Å²) in [5, 5.41) is 45.1. The van der Waals surface area contributed by atoms with Crippen LogP contribution in [-0.4, -0.2) is 116 Å². The van der Waals surface area contributed by atoms with E-state index in [4.69, 9.17) is 0 Å². The van der Waals surface area contributed by atoms with E-state index >= 15 is 0 Å². The summed E-state index contributed by atoms with van der Waals surface area (Å²) in [7, 11) is 3.40. The van der Waals surface area contributed by atoms with Gasteiger partial charge in [-0.1, -0.05) is 76.2 Å². The van der Waals surface area contributed by atoms with Gasteiger partial charge in [0.15, 0.2) is 12.4 Å². The van der Waals surface area contributed by atoms with Crippen LogP contribution in [0.1, 0.15) is 49.3 Å². The van der Waals surface area contributed by atoms with E-state index in [1.807, 2.05) is 89.9 Å². The van der Waals surface area contributed by atoms with Gasteiger partial charge in [0.1, 0.15) is 6.54 Å². The van der Waals surface area contributed by atoms with Gasteiger partial charge in [0.2, 0.25) is 11.8 Å². The first-order valence-corrected chi connectivity index (χ1v) is 23.3. The Balaban J connectivity index is 1.16. The van der Waals surface area contributed by atoms with Crippen LogP contribution in [0.2, 0.25) is 0 Å². The molecule has 1 heterocycles. The first kappa shape index (κ1) is 49.9. The molecule has 0 bridgehead atoms. The predicted octanol–water partition coefficient (Wildman–Crippen LogP) is 3.64. The van der Waals surface area contributed by atoms with Crippen LogP contribution in [0, 0.1) is 0 Å². The fourth-order valence-corrected chi connectivity index (χ4v) is 7.83. The maximum absolute atomic E-state index is 12.3. The Hall–Kier alpha value is -4.41. The maximum atomic E-state index is 12.3. The summed E-state index contributed by atoms with van der Waals surface area (Å²) in [6, 6.07) is 20.2. The average Bonchev–Trinajstić information content (AvgIpc) is 3.26. The van der Waals surface area contributed by atoms with E-state index in [0.717, 1.165) is 71.1 Å². The number of allylic oxidation sites excluding steroid dienone is 4. The van der Waals surface area contributed by atoms with E-state index in [-0.39, 0.29) is 38.2 Å². The van der Waals surface area contributed by atoms with Crippen LogP contribution in [0.15, 0.2) is 103 Å². The Bertz CT molecular complexity index is 1740. The number of carbonyl (C=O) groups is 2. The molecule has 1 aromatic heterocycles. The van der Waals surface area contributed by atoms with Crippen LogP contribution in [0.3, 0.4) is 0 Å². The highest BCUT2D eigenvalue weighted by Crippen LogP contribution is 2.20. The third-order valence-electron chi connectivity index (χ3n) is 9.30. The minimum atomic E-state index is 0.0371. The topological polar surface area (TPSA) is 166 Å². The number of aliphatic hydroxyl groups excluding tert-OH is 4. The third kappa shape index (κ3) is 21.2. The van der Waals surface area contributed by atoms with Crippen molar-refractivity contribution in [3.05, 3.63) is 120 Å². The molecule has 14 heteroatoms. The minimum Gasteiger partial charge on any atom is -0.395 e. The van der Waals surface area contributed by atoms with Crippen molar-refractivity contribution in [2.45, 2.75) is 39.2 Å². The van der Waals surface area contributed by atoms with Crippen molar-refractivity contribution in [2.75, 3.05) is 93.5 Å². The number of pyridine rings is 1. The highest BCUT2D eigenvalue weighted by Gasteiger charge is 2.08. The van der Waals surface area contributed by atoms with Crippen LogP contribution < -0.4 is 30.3 Å². The number of nitrogens with two attached hydrogens (primary N) is 1. The minimum absolute atomic E-state index is 0.0371. The second-order valence-corrected chi connectivity index (χ2v) is 16.5. The quantitative estimate of drug-likeness (QED) is 0.0220. The Morgan fingerprint density at radius 3 is 1.60 bits per heavy atom. The van der Waals surface area contributed by atoms with Gasteiger partial charge in [0.05, 0.1) is 39.2 Å². The summed E-state index contributed by atoms with van der Waals surface area (Å²) in [5.74, 6) is 1.74. The highest BCUT2D eigenvalue weighted by molar-refractivity contribution is 8.76. The number of hydrogen-bond donors (Lipinski definition) is 7. The lowest BCUT2D eigenvalue weighted by atomic mass is 10.1. The van der Waals surface area contributed by atoms with Crippen LogP contribution in [0.5, 0.6) is 0 Å². The highest BCUT2D eigenvalue weighted by atomic mass is 33.1. The van der Waals surface area contributed by atoms with Gasteiger partial charge in [-0.3, -0.25) is 9.59 Å². The molecule has 2 aromatic carbocycles. The molecule has 8 N–H and O–H groups in total. The number of aryl methyl sites for hydroxylation is 1. The van der Waals surface area contributed by atoms with Gasteiger partial charge >= 0.3 is 0 Å². The number of nitrogens with zero attached hydrogens (tertiary/aromatic N) is 3. The standard InChI is InChI=1S/C46H64N6O6S2/c1-2-39(7-8-40-11-15-43(16-12-40)51(29-33-53)30-34-54)19-23-47-22-3-5-45(57)48-24-37-59-60-38-25-49-46(58)6-4-26-50-27-20-42(21-28-50)10-9-41-13-17-44(18-14-41)52(31-35-55)32-36-56/h2,7-21,23,27-28,47,53-56H,3-6,22,24-26,29-38H2,1H3,(H-,48,49,57,58)/p+2. The molecule has 2 amide bonds. The molecule has 0 aliphatic rings. The molecule has 0 aliphatic heterocycles. The Labute approximate surface area is 364 Å². The summed E-state index contributed by atoms with van der Waals surface area (Å²) in [6.07, 6.45) is 20.9. The van der Waals surface area contributed by atoms with Crippen molar-refractivity contribution in [1.82, 2.24) is 10.6 Å². The number of quaternary nitrogens is 1. The van der Waals surface area contributed by atoms with E-state index < -0.39 is 0 Å². The first-order valence-electron chi connectivity index (χ1n) is 20.8. The average molecular weight is 863 g/mol. The zero-order chi connectivity index (χ0) is 43.0. The molecule has 0 fully saturated rings. The SMILES string of the molecule is CC=C(C=C[NH2+]CCCC(=O)NCCSSCCNC(=O)CCC[n+]1ccc(C=Cc2ccc(N(CCO)CCO)cc2)cc1)C=Cc1ccc(N(CCO)CCO)cc1. The molecule has 0 atom stereocenters. The smallest absolute Gasteiger partial charge is 0.220 e. The van der Waals surface area contributed by atoms with Crippen LogP contribution in [0.4, 0.5) is 11.4 Å². The van der Waals surface area contributed by atoms with Crippen molar-refractivity contribution in [3.8, 4) is 0 Å². The lowest BCUT2D eigenvalue weighted by molar-refractivity contribution is -0.697. The first-order chi connectivity index (χ1) is 29.4. The Kier molecular flexibility index (Phi) is 26.2. The fraction of sp³-hybridized carbons (Fsp3) is 0.413. The van der Waals surface area contributed by atoms with E-state index in [9.17, 15) is 30.0 Å². The molecule has 12 nitrogen and oxygen atoms in total. The molecule has 3 rings (SSSR count). The number of benzene rings is 2. The number of aliphatic hydroxyl groups is 4. The molecule has 0 unspecified atom stereocenters. The lowest BCUT2D eigenvalue weighted by Crippen LogP contribution is -2.78. The Morgan fingerprint density at radius 2 is 1.12 bits per heavy atom. The van der Waals surface area contributed by atoms with Gasteiger partial charge < -0.3 is 46.2 Å². The number of rotatable bonds is 31. The summed E-state index contributed by atoms with van der Waals surface area (Å²) in [6.45, 7) is 6.90. The van der Waals surface area contributed by atoms with Crippen molar-refractivity contribution in [1.29, 1.82) is 0 Å². The summed E-state index contributed by atoms with van der Waals surface area (Å²) < 4.78 is 2.08. The number of hydrogen-bond acceptors (Lipinski definition) is 10. The zero-order valence-electron chi connectivity index (χ0n) is 35.0. The van der Waals surface area contributed by atoms with Crippen molar-refractivity contribution in [3.63, 3.8) is 0 Å². The number of aromatic nitrogens is 1. The van der Waals surface area contributed by atoms with Crippen LogP contribution in [0.25, 0.3) is 18.2 Å². The van der Waals surface area contributed by atoms with Gasteiger partial charge in [0.25, 0.3) is 0 Å². The van der Waals surface area contributed by atoms with Gasteiger partial charge in [-0.2, -0.15) is 0 Å². The van der Waals surface area contributed by atoms with E-state index in [1.165, 1.54) is 0 Å². The fourth-order valence-electron chi connectivity index (χ4n) is 6.01. The molecule has 0 radical (unpaired) electrons. The van der Waals surface area contributed by atoms with Gasteiger partial charge in [0, 0.05) is 100.0 Å². The second kappa shape index (κ2) is 31.5. The third-order valence-corrected chi connectivity index (χ3v) is 11.7. The molecule has 60 heavy (non-hydrogen) atoms. The van der Waals surface area contributed by atoms with Gasteiger partial charge in [-0.05, 0) is 59.5 Å². The lowest BCUT2D eigenvalue weighted by Gasteiger charge is -2.22. The van der Waals surface area contributed by atoms with E-state index in [0.29, 0.717) is 52.1 Å². The second-order valence-electron chi connectivity index (χ2n) is 13.8. The summed E-state index contributed by atoms with van der Waals surface area (Å²) in [4.78, 5) is 28.5. The molecule has 0 saturated carbocycles. The molecular weight excluding hydrogens is 797 g/mol. The number of nitrogens with one attached hydrogen (secondary N) is 2. The normalized spacial score (nSPS) is 11.8. The molecule has 0 spiro atoms. The van der Waals surface area contributed by atoms with Crippen molar-refractivity contribution < 1.29 is 39.9 Å². The van der Waals surface area contributed by atoms with Crippen molar-refractivity contribution in [2.24, 2.45) is 0 Å². The number of anilines is 2. The van der Waals surface area contributed by atoms with E-state index in [2.05, 4.69) is 63.0 Å². The zero-order valence-corrected chi connectivity index (χ0v) is 36.7. The molecule has 0 aliphatic carbocycles. The van der Waals surface area contributed by atoms with Crippen LogP contribution >= 0.6 is 21.6 Å². The largest absolute Gasteiger partial charge is 0.395 e. The molecule has 3 aromatic rings. The van der Waals surface area contributed by atoms with Gasteiger partial charge in [-0.25, -0.2) is 4.57 Å². The van der Waals surface area contributed by atoms with Crippen molar-refractivity contribution >= 4 is 63.0 Å². The monoisotopic (exact) mass is 862 g/mol. The summed E-state index contributed by atoms with van der Waals surface area (Å²) in [5.41, 5.74) is 6.22. The summed E-state index contributed by atoms with van der Waals surface area (Å²) >= 11 is 0. The Morgan fingerprint density at radius 1 is 0.650 bits per heavy atom. The van der Waals surface area contributed by atoms with E-state index in [1.54, 1.807) is 21.6 Å². The van der Waals surface area contributed by atoms with Crippen LogP contribution in [-0.2, 0) is 16.1 Å². The molecule has 326 valence electrons. The molecule has 0 saturated heterocycles. The molecular formula is C46H66N6O6S2+2. The maximum Gasteiger partial charge on any atom is 0.220 e.